The van der Waals surface area contributed by atoms with Crippen LogP contribution in [0.15, 0.2) is 12.5 Å². The zero-order valence-corrected chi connectivity index (χ0v) is 13.9. The molecule has 2 atom stereocenters. The summed E-state index contributed by atoms with van der Waals surface area (Å²) in [4.78, 5) is 32.2. The van der Waals surface area contributed by atoms with Crippen LogP contribution in [0.2, 0.25) is 0 Å². The van der Waals surface area contributed by atoms with Gasteiger partial charge in [0.05, 0.1) is 12.8 Å². The Balaban J connectivity index is 1.56. The Labute approximate surface area is 145 Å². The highest BCUT2D eigenvalue weighted by Crippen LogP contribution is 2.29. The molecule has 0 aromatic carbocycles. The van der Waals surface area contributed by atoms with E-state index in [9.17, 15) is 9.59 Å². The van der Waals surface area contributed by atoms with Crippen molar-refractivity contribution in [3.8, 4) is 0 Å². The van der Waals surface area contributed by atoms with Crippen molar-refractivity contribution in [2.75, 3.05) is 18.0 Å². The van der Waals surface area contributed by atoms with Crippen LogP contribution in [0.3, 0.4) is 0 Å². The van der Waals surface area contributed by atoms with Crippen LogP contribution in [0.25, 0.3) is 0 Å². The Hall–Kier alpha value is -2.26. The van der Waals surface area contributed by atoms with Gasteiger partial charge in [0.1, 0.15) is 12.1 Å². The van der Waals surface area contributed by atoms with E-state index in [1.165, 1.54) is 6.33 Å². The van der Waals surface area contributed by atoms with Crippen molar-refractivity contribution < 1.29 is 19.8 Å². The molecular formula is C16H23N5O4. The number of hydrazine groups is 1. The zero-order chi connectivity index (χ0) is 17.8. The molecule has 2 fully saturated rings. The first-order valence-electron chi connectivity index (χ1n) is 8.51. The average molecular weight is 349 g/mol. The summed E-state index contributed by atoms with van der Waals surface area (Å²) in [6.45, 7) is 1.60. The normalized spacial score (nSPS) is 24.4. The molecule has 25 heavy (non-hydrogen) atoms. The number of aliphatic carboxylic acids is 2. The van der Waals surface area contributed by atoms with Gasteiger partial charge in [0, 0.05) is 36.9 Å². The molecule has 0 amide bonds. The van der Waals surface area contributed by atoms with Gasteiger partial charge in [0.2, 0.25) is 0 Å². The van der Waals surface area contributed by atoms with Crippen LogP contribution in [0, 0.1) is 5.92 Å². The molecule has 136 valence electrons. The monoisotopic (exact) mass is 349 g/mol. The summed E-state index contributed by atoms with van der Waals surface area (Å²) in [7, 11) is 0. The summed E-state index contributed by atoms with van der Waals surface area (Å²) < 4.78 is 0. The number of piperidine rings is 1. The van der Waals surface area contributed by atoms with Gasteiger partial charge in [-0.2, -0.15) is 0 Å². The topological polar surface area (TPSA) is 128 Å². The summed E-state index contributed by atoms with van der Waals surface area (Å²) in [5, 5.41) is 17.9. The fraction of sp³-hybridized carbons (Fsp3) is 0.625. The van der Waals surface area contributed by atoms with Gasteiger partial charge < -0.3 is 15.1 Å². The molecule has 2 aliphatic heterocycles. The fourth-order valence-electron chi connectivity index (χ4n) is 3.74. The minimum Gasteiger partial charge on any atom is -0.481 e. The molecule has 1 aromatic rings. The van der Waals surface area contributed by atoms with Crippen LogP contribution >= 0.6 is 0 Å². The molecular weight excluding hydrogens is 326 g/mol. The first-order chi connectivity index (χ1) is 12.0. The molecule has 4 N–H and O–H groups in total. The molecule has 0 bridgehead atoms. The lowest BCUT2D eigenvalue weighted by Gasteiger charge is -2.36. The molecule has 1 aromatic heterocycles. The molecule has 2 saturated heterocycles. The van der Waals surface area contributed by atoms with Gasteiger partial charge >= 0.3 is 11.9 Å². The third-order valence-electron chi connectivity index (χ3n) is 4.95. The number of carboxylic acids is 2. The number of carbonyl (C=O) groups is 2. The maximum atomic E-state index is 11.0. The molecule has 0 spiro atoms. The molecule has 0 radical (unpaired) electrons. The SMILES string of the molecule is O=C(O)Cc1cncnc1N1CCC(C2CC(CC(=O)O)NN2)CC1. The fourth-order valence-corrected chi connectivity index (χ4v) is 3.74. The van der Waals surface area contributed by atoms with E-state index >= 15 is 0 Å². The van der Waals surface area contributed by atoms with Crippen molar-refractivity contribution in [1.82, 2.24) is 20.8 Å². The number of nitrogens with one attached hydrogen (secondary N) is 2. The second-order valence-electron chi connectivity index (χ2n) is 6.69. The maximum Gasteiger partial charge on any atom is 0.308 e. The highest BCUT2D eigenvalue weighted by atomic mass is 16.4. The number of nitrogens with zero attached hydrogens (tertiary/aromatic N) is 3. The van der Waals surface area contributed by atoms with Gasteiger partial charge in [-0.25, -0.2) is 9.97 Å². The Kier molecular flexibility index (Phi) is 5.44. The molecule has 0 saturated carbocycles. The third-order valence-corrected chi connectivity index (χ3v) is 4.95. The van der Waals surface area contributed by atoms with Crippen LogP contribution in [-0.4, -0.2) is 57.3 Å². The molecule has 2 aliphatic rings. The van der Waals surface area contributed by atoms with E-state index in [4.69, 9.17) is 10.2 Å². The smallest absolute Gasteiger partial charge is 0.308 e. The van der Waals surface area contributed by atoms with Crippen molar-refractivity contribution in [1.29, 1.82) is 0 Å². The predicted octanol–water partition coefficient (Wildman–Crippen LogP) is 0.0299. The summed E-state index contributed by atoms with van der Waals surface area (Å²) in [6.07, 6.45) is 5.79. The number of hydrogen-bond acceptors (Lipinski definition) is 7. The summed E-state index contributed by atoms with van der Waals surface area (Å²) >= 11 is 0. The van der Waals surface area contributed by atoms with E-state index in [-0.39, 0.29) is 24.9 Å². The Morgan fingerprint density at radius 1 is 1.20 bits per heavy atom. The van der Waals surface area contributed by atoms with E-state index < -0.39 is 11.9 Å². The average Bonchev–Trinajstić information content (AvgIpc) is 3.03. The Morgan fingerprint density at radius 3 is 2.64 bits per heavy atom. The highest BCUT2D eigenvalue weighted by Gasteiger charge is 2.33. The zero-order valence-electron chi connectivity index (χ0n) is 13.9. The van der Waals surface area contributed by atoms with Crippen LogP contribution in [0.4, 0.5) is 5.82 Å². The van der Waals surface area contributed by atoms with Gasteiger partial charge in [-0.15, -0.1) is 0 Å². The van der Waals surface area contributed by atoms with Crippen molar-refractivity contribution in [2.45, 2.75) is 44.2 Å². The lowest BCUT2D eigenvalue weighted by molar-refractivity contribution is -0.138. The van der Waals surface area contributed by atoms with Crippen molar-refractivity contribution in [3.63, 3.8) is 0 Å². The number of anilines is 1. The second-order valence-corrected chi connectivity index (χ2v) is 6.69. The molecule has 3 heterocycles. The highest BCUT2D eigenvalue weighted by molar-refractivity contribution is 5.72. The standard InChI is InChI=1S/C16H23N5O4/c22-14(23)5-11-8-17-9-18-16(11)21-3-1-10(2-4-21)13-6-12(19-20-13)7-15(24)25/h8-10,12-13,19-20H,1-7H2,(H,22,23)(H,24,25). The lowest BCUT2D eigenvalue weighted by Crippen LogP contribution is -2.43. The quantitative estimate of drug-likeness (QED) is 0.562. The number of aromatic nitrogens is 2. The van der Waals surface area contributed by atoms with Gasteiger partial charge in [0.25, 0.3) is 0 Å². The summed E-state index contributed by atoms with van der Waals surface area (Å²) in [5.74, 6) is -0.509. The Morgan fingerprint density at radius 2 is 1.96 bits per heavy atom. The van der Waals surface area contributed by atoms with Crippen LogP contribution < -0.4 is 15.8 Å². The molecule has 2 unspecified atom stereocenters. The lowest BCUT2D eigenvalue weighted by atomic mass is 9.87. The van der Waals surface area contributed by atoms with Crippen LogP contribution in [0.5, 0.6) is 0 Å². The van der Waals surface area contributed by atoms with Crippen LogP contribution in [0.1, 0.15) is 31.2 Å². The van der Waals surface area contributed by atoms with E-state index in [0.29, 0.717) is 17.3 Å². The van der Waals surface area contributed by atoms with E-state index in [0.717, 1.165) is 32.4 Å². The van der Waals surface area contributed by atoms with Gasteiger partial charge in [-0.05, 0) is 25.2 Å². The van der Waals surface area contributed by atoms with E-state index in [2.05, 4.69) is 25.7 Å². The molecule has 9 heteroatoms. The summed E-state index contributed by atoms with van der Waals surface area (Å²) in [5.41, 5.74) is 6.95. The minimum atomic E-state index is -0.892. The maximum absolute atomic E-state index is 11.0. The number of rotatable bonds is 6. The first kappa shape index (κ1) is 17.6. The third kappa shape index (κ3) is 4.43. The van der Waals surface area contributed by atoms with Gasteiger partial charge in [-0.1, -0.05) is 0 Å². The molecule has 9 nitrogen and oxygen atoms in total. The van der Waals surface area contributed by atoms with Crippen molar-refractivity contribution in [3.05, 3.63) is 18.1 Å². The van der Waals surface area contributed by atoms with Gasteiger partial charge in [-0.3, -0.25) is 20.4 Å². The van der Waals surface area contributed by atoms with Crippen molar-refractivity contribution >= 4 is 17.8 Å². The number of hydrogen-bond donors (Lipinski definition) is 4. The van der Waals surface area contributed by atoms with E-state index in [1.54, 1.807) is 6.20 Å². The minimum absolute atomic E-state index is 0.0236. The van der Waals surface area contributed by atoms with Crippen LogP contribution in [-0.2, 0) is 16.0 Å². The number of carboxylic acid groups (broad SMARTS) is 2. The summed E-state index contributed by atoms with van der Waals surface area (Å²) in [6, 6.07) is 0.250. The van der Waals surface area contributed by atoms with Gasteiger partial charge in [0.15, 0.2) is 0 Å². The first-order valence-corrected chi connectivity index (χ1v) is 8.51. The predicted molar refractivity (Wildman–Crippen MR) is 89.0 cm³/mol. The Bertz CT molecular complexity index is 633. The van der Waals surface area contributed by atoms with E-state index in [1.807, 2.05) is 0 Å². The molecule has 0 aliphatic carbocycles. The molecule has 3 rings (SSSR count). The van der Waals surface area contributed by atoms with Crippen molar-refractivity contribution in [2.24, 2.45) is 5.92 Å². The largest absolute Gasteiger partial charge is 0.481 e. The second kappa shape index (κ2) is 7.75.